The molecule has 0 fully saturated rings. The molecular weight excluding hydrogens is 286 g/mol. The van der Waals surface area contributed by atoms with Crippen LogP contribution in [-0.2, 0) is 11.3 Å². The molecule has 2 aromatic rings. The van der Waals surface area contributed by atoms with Crippen LogP contribution in [0.25, 0.3) is 0 Å². The van der Waals surface area contributed by atoms with E-state index >= 15 is 0 Å². The third kappa shape index (κ3) is 5.13. The molecule has 1 unspecified atom stereocenters. The number of carbonyl (C=O) groups is 1. The summed E-state index contributed by atoms with van der Waals surface area (Å²) in [5.41, 5.74) is 1.66. The van der Waals surface area contributed by atoms with Gasteiger partial charge in [-0.3, -0.25) is 4.90 Å². The van der Waals surface area contributed by atoms with Gasteiger partial charge in [0, 0.05) is 6.54 Å². The van der Waals surface area contributed by atoms with Gasteiger partial charge in [0.15, 0.2) is 0 Å². The molecule has 0 aliphatic carbocycles. The second-order valence-corrected chi connectivity index (χ2v) is 6.68. The molecule has 1 atom stereocenters. The Bertz CT molecular complexity index is 617. The van der Waals surface area contributed by atoms with Crippen LogP contribution in [0.4, 0.5) is 4.79 Å². The van der Waals surface area contributed by atoms with E-state index in [4.69, 9.17) is 4.74 Å². The van der Waals surface area contributed by atoms with Gasteiger partial charge in [-0.2, -0.15) is 0 Å². The normalized spacial score (nSPS) is 12.5. The molecule has 0 aliphatic rings. The monoisotopic (exact) mass is 311 g/mol. The molecule has 0 saturated heterocycles. The number of benzene rings is 2. The van der Waals surface area contributed by atoms with Gasteiger partial charge >= 0.3 is 6.09 Å². The van der Waals surface area contributed by atoms with Crippen LogP contribution in [0, 0.1) is 0 Å². The highest BCUT2D eigenvalue weighted by Crippen LogP contribution is 2.24. The van der Waals surface area contributed by atoms with E-state index < -0.39 is 5.60 Å². The third-order valence-corrected chi connectivity index (χ3v) is 3.57. The number of hydrogen-bond acceptors (Lipinski definition) is 2. The van der Waals surface area contributed by atoms with Crippen LogP contribution in [-0.4, -0.2) is 16.6 Å². The van der Waals surface area contributed by atoms with E-state index in [-0.39, 0.29) is 12.1 Å². The van der Waals surface area contributed by atoms with E-state index in [0.717, 1.165) is 11.1 Å². The number of ether oxygens (including phenoxy) is 1. The molecular formula is C20H25NO2. The molecule has 3 heteroatoms. The van der Waals surface area contributed by atoms with Crippen molar-refractivity contribution in [1.82, 2.24) is 4.90 Å². The van der Waals surface area contributed by atoms with E-state index in [1.807, 2.05) is 88.4 Å². The first-order valence-corrected chi connectivity index (χ1v) is 7.95. The zero-order valence-corrected chi connectivity index (χ0v) is 14.3. The molecule has 0 aromatic heterocycles. The summed E-state index contributed by atoms with van der Waals surface area (Å²) in [5, 5.41) is 0. The molecule has 0 N–H and O–H groups in total. The first kappa shape index (κ1) is 17.1. The lowest BCUT2D eigenvalue weighted by atomic mass is 10.1. The Morgan fingerprint density at radius 2 is 1.52 bits per heavy atom. The largest absolute Gasteiger partial charge is 0.444 e. The van der Waals surface area contributed by atoms with Gasteiger partial charge in [0.05, 0.1) is 6.04 Å². The Hall–Kier alpha value is -2.29. The molecule has 0 spiro atoms. The number of carbonyl (C=O) groups excluding carboxylic acids is 1. The van der Waals surface area contributed by atoms with Crippen molar-refractivity contribution in [1.29, 1.82) is 0 Å². The fraction of sp³-hybridized carbons (Fsp3) is 0.350. The smallest absolute Gasteiger partial charge is 0.411 e. The quantitative estimate of drug-likeness (QED) is 0.778. The van der Waals surface area contributed by atoms with Gasteiger partial charge < -0.3 is 4.74 Å². The molecule has 23 heavy (non-hydrogen) atoms. The lowest BCUT2D eigenvalue weighted by Crippen LogP contribution is -2.38. The van der Waals surface area contributed by atoms with E-state index in [0.29, 0.717) is 6.54 Å². The minimum Gasteiger partial charge on any atom is -0.444 e. The lowest BCUT2D eigenvalue weighted by Gasteiger charge is -2.32. The molecule has 0 bridgehead atoms. The summed E-state index contributed by atoms with van der Waals surface area (Å²) >= 11 is 0. The molecule has 0 radical (unpaired) electrons. The lowest BCUT2D eigenvalue weighted by molar-refractivity contribution is 0.0153. The molecule has 3 nitrogen and oxygen atoms in total. The fourth-order valence-corrected chi connectivity index (χ4v) is 2.37. The molecule has 0 saturated carbocycles. The number of amides is 1. The van der Waals surface area contributed by atoms with Crippen LogP contribution in [0.15, 0.2) is 60.7 Å². The maximum Gasteiger partial charge on any atom is 0.411 e. The summed E-state index contributed by atoms with van der Waals surface area (Å²) in [4.78, 5) is 14.5. The number of nitrogens with zero attached hydrogens (tertiary/aromatic N) is 1. The van der Waals surface area contributed by atoms with Gasteiger partial charge in [-0.15, -0.1) is 0 Å². The van der Waals surface area contributed by atoms with Crippen LogP contribution < -0.4 is 0 Å². The Balaban J connectivity index is 2.25. The molecule has 2 rings (SSSR count). The minimum atomic E-state index is -0.511. The second kappa shape index (κ2) is 7.32. The van der Waals surface area contributed by atoms with Crippen molar-refractivity contribution >= 4 is 6.09 Å². The predicted octanol–water partition coefficient (Wildman–Crippen LogP) is 5.18. The molecule has 2 aromatic carbocycles. The summed E-state index contributed by atoms with van der Waals surface area (Å²) in [6.45, 7) is 8.21. The predicted molar refractivity (Wildman–Crippen MR) is 93.1 cm³/mol. The van der Waals surface area contributed by atoms with Gasteiger partial charge in [-0.1, -0.05) is 60.7 Å². The van der Waals surface area contributed by atoms with E-state index in [2.05, 4.69) is 0 Å². The Labute approximate surface area is 138 Å². The Morgan fingerprint density at radius 3 is 2.04 bits per heavy atom. The van der Waals surface area contributed by atoms with Crippen LogP contribution in [0.5, 0.6) is 0 Å². The van der Waals surface area contributed by atoms with Crippen LogP contribution in [0.3, 0.4) is 0 Å². The fourth-order valence-electron chi connectivity index (χ4n) is 2.37. The molecule has 122 valence electrons. The first-order chi connectivity index (χ1) is 10.9. The topological polar surface area (TPSA) is 29.5 Å². The van der Waals surface area contributed by atoms with Gasteiger partial charge in [0.1, 0.15) is 5.60 Å². The van der Waals surface area contributed by atoms with Crippen molar-refractivity contribution in [2.75, 3.05) is 0 Å². The number of rotatable bonds is 4. The van der Waals surface area contributed by atoms with Crippen molar-refractivity contribution in [3.05, 3.63) is 71.8 Å². The summed E-state index contributed by atoms with van der Waals surface area (Å²) in [6.07, 6.45) is -0.294. The minimum absolute atomic E-state index is 0.0637. The second-order valence-electron chi connectivity index (χ2n) is 6.68. The number of hydrogen-bond donors (Lipinski definition) is 0. The van der Waals surface area contributed by atoms with E-state index in [1.165, 1.54) is 0 Å². The average Bonchev–Trinajstić information content (AvgIpc) is 2.52. The first-order valence-electron chi connectivity index (χ1n) is 7.95. The highest BCUT2D eigenvalue weighted by molar-refractivity contribution is 5.69. The van der Waals surface area contributed by atoms with Gasteiger partial charge in [0.2, 0.25) is 0 Å². The molecule has 1 amide bonds. The zero-order valence-electron chi connectivity index (χ0n) is 14.3. The van der Waals surface area contributed by atoms with Crippen molar-refractivity contribution in [3.63, 3.8) is 0 Å². The van der Waals surface area contributed by atoms with Crippen molar-refractivity contribution in [2.24, 2.45) is 0 Å². The Morgan fingerprint density at radius 1 is 1.00 bits per heavy atom. The SMILES string of the molecule is CC(c1ccccc1)N(Cc1ccccc1)C(=O)OC(C)(C)C. The Kier molecular flexibility index (Phi) is 5.43. The highest BCUT2D eigenvalue weighted by atomic mass is 16.6. The average molecular weight is 311 g/mol. The third-order valence-electron chi connectivity index (χ3n) is 3.57. The van der Waals surface area contributed by atoms with E-state index in [9.17, 15) is 4.79 Å². The van der Waals surface area contributed by atoms with Crippen LogP contribution >= 0.6 is 0 Å². The van der Waals surface area contributed by atoms with Gasteiger partial charge in [-0.25, -0.2) is 4.79 Å². The van der Waals surface area contributed by atoms with Crippen molar-refractivity contribution in [3.8, 4) is 0 Å². The maximum absolute atomic E-state index is 12.7. The summed E-state index contributed by atoms with van der Waals surface area (Å²) < 4.78 is 5.60. The summed E-state index contributed by atoms with van der Waals surface area (Å²) in [6, 6.07) is 19.9. The van der Waals surface area contributed by atoms with Crippen molar-refractivity contribution < 1.29 is 9.53 Å². The summed E-state index contributed by atoms with van der Waals surface area (Å²) in [5.74, 6) is 0. The zero-order chi connectivity index (χ0) is 16.9. The van der Waals surface area contributed by atoms with E-state index in [1.54, 1.807) is 4.90 Å². The van der Waals surface area contributed by atoms with Gasteiger partial charge in [0.25, 0.3) is 0 Å². The van der Waals surface area contributed by atoms with Gasteiger partial charge in [-0.05, 0) is 38.8 Å². The van der Waals surface area contributed by atoms with Crippen LogP contribution in [0.1, 0.15) is 44.9 Å². The summed E-state index contributed by atoms with van der Waals surface area (Å²) in [7, 11) is 0. The molecule has 0 aliphatic heterocycles. The standard InChI is InChI=1S/C20H25NO2/c1-16(18-13-9-6-10-14-18)21(19(22)23-20(2,3)4)15-17-11-7-5-8-12-17/h5-14,16H,15H2,1-4H3. The molecule has 0 heterocycles. The van der Waals surface area contributed by atoms with Crippen LogP contribution in [0.2, 0.25) is 0 Å². The van der Waals surface area contributed by atoms with Crippen molar-refractivity contribution in [2.45, 2.75) is 45.9 Å². The highest BCUT2D eigenvalue weighted by Gasteiger charge is 2.26. The maximum atomic E-state index is 12.7.